The second kappa shape index (κ2) is 8.32. The van der Waals surface area contributed by atoms with Crippen LogP contribution in [0.5, 0.6) is 0 Å². The van der Waals surface area contributed by atoms with Crippen molar-refractivity contribution in [1.82, 2.24) is 0 Å². The number of hydrogen-bond acceptors (Lipinski definition) is 4. The molecule has 0 atom stereocenters. The van der Waals surface area contributed by atoms with E-state index in [1.54, 1.807) is 48.5 Å². The zero-order valence-electron chi connectivity index (χ0n) is 14.4. The Kier molecular flexibility index (Phi) is 5.67. The van der Waals surface area contributed by atoms with Crippen LogP contribution in [0.3, 0.4) is 0 Å². The van der Waals surface area contributed by atoms with Gasteiger partial charge in [0.2, 0.25) is 0 Å². The molecule has 0 aliphatic heterocycles. The van der Waals surface area contributed by atoms with Gasteiger partial charge in [-0.3, -0.25) is 19.7 Å². The van der Waals surface area contributed by atoms with Gasteiger partial charge in [0, 0.05) is 39.7 Å². The number of anilines is 2. The van der Waals surface area contributed by atoms with E-state index >= 15 is 0 Å². The fourth-order valence-corrected chi connectivity index (χ4v) is 2.62. The third-order valence-corrected chi connectivity index (χ3v) is 4.04. The molecule has 0 fully saturated rings. The van der Waals surface area contributed by atoms with Crippen molar-refractivity contribution in [1.29, 1.82) is 0 Å². The first-order valence-corrected chi connectivity index (χ1v) is 8.53. The molecule has 3 aromatic carbocycles. The third kappa shape index (κ3) is 4.72. The molecule has 8 heteroatoms. The Morgan fingerprint density at radius 1 is 0.786 bits per heavy atom. The summed E-state index contributed by atoms with van der Waals surface area (Å²) in [6.07, 6.45) is 0. The number of carbonyl (C=O) groups excluding carboxylic acids is 2. The molecular formula is C20H14ClN3O4. The first-order chi connectivity index (χ1) is 13.4. The lowest BCUT2D eigenvalue weighted by Gasteiger charge is -2.08. The average molecular weight is 396 g/mol. The average Bonchev–Trinajstić information content (AvgIpc) is 2.69. The molecule has 0 heterocycles. The van der Waals surface area contributed by atoms with Gasteiger partial charge in [-0.25, -0.2) is 0 Å². The van der Waals surface area contributed by atoms with E-state index in [-0.39, 0.29) is 17.2 Å². The first-order valence-electron chi connectivity index (χ1n) is 8.15. The zero-order valence-corrected chi connectivity index (χ0v) is 15.1. The van der Waals surface area contributed by atoms with Crippen LogP contribution in [0.25, 0.3) is 0 Å². The molecule has 0 radical (unpaired) electrons. The van der Waals surface area contributed by atoms with Gasteiger partial charge >= 0.3 is 0 Å². The predicted molar refractivity (Wildman–Crippen MR) is 107 cm³/mol. The number of benzene rings is 3. The molecule has 0 aromatic heterocycles. The van der Waals surface area contributed by atoms with Crippen molar-refractivity contribution >= 4 is 40.5 Å². The van der Waals surface area contributed by atoms with E-state index in [9.17, 15) is 19.7 Å². The van der Waals surface area contributed by atoms with Gasteiger partial charge in [-0.2, -0.15) is 0 Å². The van der Waals surface area contributed by atoms with Crippen molar-refractivity contribution < 1.29 is 14.5 Å². The van der Waals surface area contributed by atoms with Gasteiger partial charge < -0.3 is 10.6 Å². The first kappa shape index (κ1) is 19.1. The minimum atomic E-state index is -0.561. The highest BCUT2D eigenvalue weighted by molar-refractivity contribution is 6.31. The highest BCUT2D eigenvalue weighted by Gasteiger charge is 2.12. The van der Waals surface area contributed by atoms with Crippen molar-refractivity contribution in [3.8, 4) is 0 Å². The number of nitro benzene ring substituents is 1. The number of nitro groups is 1. The van der Waals surface area contributed by atoms with Gasteiger partial charge in [-0.15, -0.1) is 0 Å². The summed E-state index contributed by atoms with van der Waals surface area (Å²) in [4.78, 5) is 34.7. The van der Waals surface area contributed by atoms with Crippen LogP contribution >= 0.6 is 11.6 Å². The summed E-state index contributed by atoms with van der Waals surface area (Å²) in [6, 6.07) is 18.5. The number of non-ortho nitro benzene ring substituents is 1. The van der Waals surface area contributed by atoms with Crippen LogP contribution in [0.1, 0.15) is 20.7 Å². The van der Waals surface area contributed by atoms with E-state index in [1.165, 1.54) is 24.3 Å². The van der Waals surface area contributed by atoms with Crippen molar-refractivity contribution in [3.05, 3.63) is 99.1 Å². The van der Waals surface area contributed by atoms with Crippen molar-refractivity contribution in [2.75, 3.05) is 10.6 Å². The lowest BCUT2D eigenvalue weighted by molar-refractivity contribution is -0.384. The molecule has 0 bridgehead atoms. The van der Waals surface area contributed by atoms with Crippen LogP contribution in [0, 0.1) is 10.1 Å². The Hall–Kier alpha value is -3.71. The SMILES string of the molecule is O=C(Nc1ccc(NC(=O)c2cccc([N+](=O)[O-])c2)cc1)c1cccc(Cl)c1. The topological polar surface area (TPSA) is 101 Å². The van der Waals surface area contributed by atoms with Crippen molar-refractivity contribution in [2.24, 2.45) is 0 Å². The lowest BCUT2D eigenvalue weighted by atomic mass is 10.2. The molecular weight excluding hydrogens is 382 g/mol. The Labute approximate surface area is 165 Å². The van der Waals surface area contributed by atoms with E-state index in [2.05, 4.69) is 10.6 Å². The van der Waals surface area contributed by atoms with Crippen LogP contribution in [0.4, 0.5) is 17.1 Å². The minimum Gasteiger partial charge on any atom is -0.322 e. The van der Waals surface area contributed by atoms with Crippen molar-refractivity contribution in [2.45, 2.75) is 0 Å². The van der Waals surface area contributed by atoms with Crippen LogP contribution < -0.4 is 10.6 Å². The number of nitrogens with zero attached hydrogens (tertiary/aromatic N) is 1. The van der Waals surface area contributed by atoms with Gasteiger partial charge in [0.1, 0.15) is 0 Å². The second-order valence-electron chi connectivity index (χ2n) is 5.80. The third-order valence-electron chi connectivity index (χ3n) is 3.81. The number of rotatable bonds is 5. The fourth-order valence-electron chi connectivity index (χ4n) is 2.43. The van der Waals surface area contributed by atoms with E-state index in [1.807, 2.05) is 0 Å². The molecule has 7 nitrogen and oxygen atoms in total. The lowest BCUT2D eigenvalue weighted by Crippen LogP contribution is -2.13. The molecule has 0 unspecified atom stereocenters. The highest BCUT2D eigenvalue weighted by Crippen LogP contribution is 2.18. The number of carbonyl (C=O) groups is 2. The predicted octanol–water partition coefficient (Wildman–Crippen LogP) is 4.75. The van der Waals surface area contributed by atoms with Crippen LogP contribution in [0.15, 0.2) is 72.8 Å². The van der Waals surface area contributed by atoms with Gasteiger partial charge in [0.05, 0.1) is 4.92 Å². The Morgan fingerprint density at radius 3 is 1.79 bits per heavy atom. The van der Waals surface area contributed by atoms with Gasteiger partial charge in [0.15, 0.2) is 0 Å². The van der Waals surface area contributed by atoms with Crippen LogP contribution in [-0.2, 0) is 0 Å². The molecule has 3 rings (SSSR count). The van der Waals surface area contributed by atoms with E-state index in [0.29, 0.717) is 22.0 Å². The maximum absolute atomic E-state index is 12.3. The molecule has 3 aromatic rings. The molecule has 0 spiro atoms. The molecule has 0 aliphatic rings. The smallest absolute Gasteiger partial charge is 0.270 e. The summed E-state index contributed by atoms with van der Waals surface area (Å²) in [7, 11) is 0. The number of amides is 2. The molecule has 140 valence electrons. The molecule has 0 saturated heterocycles. The number of nitrogens with one attached hydrogen (secondary N) is 2. The molecule has 2 N–H and O–H groups in total. The summed E-state index contributed by atoms with van der Waals surface area (Å²) in [5, 5.41) is 16.7. The largest absolute Gasteiger partial charge is 0.322 e. The summed E-state index contributed by atoms with van der Waals surface area (Å²) >= 11 is 5.88. The maximum Gasteiger partial charge on any atom is 0.270 e. The molecule has 0 aliphatic carbocycles. The minimum absolute atomic E-state index is 0.160. The quantitative estimate of drug-likeness (QED) is 0.480. The molecule has 0 saturated carbocycles. The summed E-state index contributed by atoms with van der Waals surface area (Å²) in [5.41, 5.74) is 1.46. The van der Waals surface area contributed by atoms with Gasteiger partial charge in [-0.1, -0.05) is 23.7 Å². The van der Waals surface area contributed by atoms with E-state index in [4.69, 9.17) is 11.6 Å². The summed E-state index contributed by atoms with van der Waals surface area (Å²) in [6.45, 7) is 0. The zero-order chi connectivity index (χ0) is 20.1. The summed E-state index contributed by atoms with van der Waals surface area (Å²) < 4.78 is 0. The second-order valence-corrected chi connectivity index (χ2v) is 6.24. The van der Waals surface area contributed by atoms with Gasteiger partial charge in [-0.05, 0) is 48.5 Å². The Balaban J connectivity index is 1.66. The molecule has 28 heavy (non-hydrogen) atoms. The fraction of sp³-hybridized carbons (Fsp3) is 0. The Morgan fingerprint density at radius 2 is 1.29 bits per heavy atom. The van der Waals surface area contributed by atoms with Gasteiger partial charge in [0.25, 0.3) is 17.5 Å². The Bertz CT molecular complexity index is 1050. The molecule has 2 amide bonds. The number of halogens is 1. The summed E-state index contributed by atoms with van der Waals surface area (Å²) in [5.74, 6) is -0.782. The standard InChI is InChI=1S/C20H14ClN3O4/c21-15-5-1-3-13(11-15)19(25)22-16-7-9-17(10-8-16)23-20(26)14-4-2-6-18(12-14)24(27)28/h1-12H,(H,22,25)(H,23,26). The monoisotopic (exact) mass is 395 g/mol. The van der Waals surface area contributed by atoms with E-state index < -0.39 is 10.8 Å². The highest BCUT2D eigenvalue weighted by atomic mass is 35.5. The normalized spacial score (nSPS) is 10.2. The number of hydrogen-bond donors (Lipinski definition) is 2. The van der Waals surface area contributed by atoms with Crippen LogP contribution in [0.2, 0.25) is 5.02 Å². The van der Waals surface area contributed by atoms with Crippen molar-refractivity contribution in [3.63, 3.8) is 0 Å². The maximum atomic E-state index is 12.3. The van der Waals surface area contributed by atoms with E-state index in [0.717, 1.165) is 0 Å². The van der Waals surface area contributed by atoms with Crippen LogP contribution in [-0.4, -0.2) is 16.7 Å².